The molecule has 0 atom stereocenters. The molecular formula is C23H28NO2. The van der Waals surface area contributed by atoms with Crippen LogP contribution < -0.4 is 0 Å². The topological polar surface area (TPSA) is 29.5 Å². The number of carbonyl (C=O) groups is 1. The van der Waals surface area contributed by atoms with Gasteiger partial charge in [-0.2, -0.15) is 0 Å². The smallest absolute Gasteiger partial charge is 0.338 e. The summed E-state index contributed by atoms with van der Waals surface area (Å²) in [6.45, 7) is 8.11. The summed E-state index contributed by atoms with van der Waals surface area (Å²) in [7, 11) is 0. The van der Waals surface area contributed by atoms with Crippen LogP contribution in [0.15, 0.2) is 54.6 Å². The molecule has 0 bridgehead atoms. The van der Waals surface area contributed by atoms with Crippen LogP contribution in [0.1, 0.15) is 54.1 Å². The van der Waals surface area contributed by atoms with E-state index in [1.165, 1.54) is 24.3 Å². The summed E-state index contributed by atoms with van der Waals surface area (Å²) in [6.07, 6.45) is 2.37. The molecule has 137 valence electrons. The quantitative estimate of drug-likeness (QED) is 0.698. The van der Waals surface area contributed by atoms with Crippen molar-refractivity contribution >= 4 is 5.97 Å². The fraction of sp³-hybridized carbons (Fsp3) is 0.391. The molecule has 1 heterocycles. The number of hydrogen-bond acceptors (Lipinski definition) is 3. The fourth-order valence-corrected chi connectivity index (χ4v) is 3.57. The highest BCUT2D eigenvalue weighted by molar-refractivity contribution is 5.89. The predicted octanol–water partition coefficient (Wildman–Crippen LogP) is 4.84. The van der Waals surface area contributed by atoms with Crippen molar-refractivity contribution in [3.63, 3.8) is 0 Å². The van der Waals surface area contributed by atoms with E-state index in [4.69, 9.17) is 4.74 Å². The van der Waals surface area contributed by atoms with Crippen LogP contribution in [0.5, 0.6) is 0 Å². The van der Waals surface area contributed by atoms with Gasteiger partial charge in [0.15, 0.2) is 0 Å². The van der Waals surface area contributed by atoms with Crippen molar-refractivity contribution in [2.45, 2.75) is 39.2 Å². The SMILES string of the molecule is C[C](C)CN1CCC(c2ccc(C(=O)OCc3ccccc3)cc2)CC1. The second kappa shape index (κ2) is 9.00. The van der Waals surface area contributed by atoms with Crippen molar-refractivity contribution in [2.75, 3.05) is 19.6 Å². The number of carbonyl (C=O) groups excluding carboxylic acids is 1. The third-order valence-corrected chi connectivity index (χ3v) is 4.96. The van der Waals surface area contributed by atoms with E-state index in [0.29, 0.717) is 18.1 Å². The highest BCUT2D eigenvalue weighted by atomic mass is 16.5. The average Bonchev–Trinajstić information content (AvgIpc) is 2.67. The van der Waals surface area contributed by atoms with Crippen molar-refractivity contribution in [3.8, 4) is 0 Å². The third-order valence-electron chi connectivity index (χ3n) is 4.96. The lowest BCUT2D eigenvalue weighted by molar-refractivity contribution is 0.0472. The molecule has 0 amide bonds. The number of benzene rings is 2. The van der Waals surface area contributed by atoms with E-state index >= 15 is 0 Å². The van der Waals surface area contributed by atoms with Gasteiger partial charge in [-0.3, -0.25) is 0 Å². The number of ether oxygens (including phenoxy) is 1. The van der Waals surface area contributed by atoms with Crippen LogP contribution in [0.25, 0.3) is 0 Å². The van der Waals surface area contributed by atoms with Crippen molar-refractivity contribution in [2.24, 2.45) is 0 Å². The first kappa shape index (κ1) is 18.7. The van der Waals surface area contributed by atoms with E-state index in [1.54, 1.807) is 0 Å². The normalized spacial score (nSPS) is 16.0. The Morgan fingerprint density at radius 1 is 1.00 bits per heavy atom. The Morgan fingerprint density at radius 3 is 2.27 bits per heavy atom. The van der Waals surface area contributed by atoms with Gasteiger partial charge in [-0.15, -0.1) is 0 Å². The van der Waals surface area contributed by atoms with Gasteiger partial charge in [0.25, 0.3) is 0 Å². The standard InChI is InChI=1S/C23H28NO2/c1-18(2)16-24-14-12-21(13-15-24)20-8-10-22(11-9-20)23(25)26-17-19-6-4-3-5-7-19/h3-11,21H,12-17H2,1-2H3. The largest absolute Gasteiger partial charge is 0.457 e. The zero-order valence-electron chi connectivity index (χ0n) is 15.8. The zero-order chi connectivity index (χ0) is 18.4. The minimum Gasteiger partial charge on any atom is -0.457 e. The summed E-state index contributed by atoms with van der Waals surface area (Å²) in [5.41, 5.74) is 2.96. The number of rotatable bonds is 6. The van der Waals surface area contributed by atoms with Gasteiger partial charge in [0.2, 0.25) is 0 Å². The first-order chi connectivity index (χ1) is 12.6. The van der Waals surface area contributed by atoms with Crippen LogP contribution in [-0.2, 0) is 11.3 Å². The summed E-state index contributed by atoms with van der Waals surface area (Å²) in [4.78, 5) is 14.7. The molecule has 0 aromatic heterocycles. The Morgan fingerprint density at radius 2 is 1.65 bits per heavy atom. The van der Waals surface area contributed by atoms with Crippen LogP contribution in [0.3, 0.4) is 0 Å². The molecule has 26 heavy (non-hydrogen) atoms. The molecule has 1 fully saturated rings. The van der Waals surface area contributed by atoms with Crippen molar-refractivity contribution in [1.29, 1.82) is 0 Å². The lowest BCUT2D eigenvalue weighted by Gasteiger charge is -2.33. The average molecular weight is 350 g/mol. The van der Waals surface area contributed by atoms with Crippen LogP contribution in [0.2, 0.25) is 0 Å². The van der Waals surface area contributed by atoms with Crippen LogP contribution in [0, 0.1) is 5.92 Å². The number of hydrogen-bond donors (Lipinski definition) is 0. The molecule has 2 aromatic rings. The van der Waals surface area contributed by atoms with Gasteiger partial charge in [-0.25, -0.2) is 4.79 Å². The summed E-state index contributed by atoms with van der Waals surface area (Å²) in [5, 5.41) is 0. The van der Waals surface area contributed by atoms with Gasteiger partial charge in [-0.1, -0.05) is 56.3 Å². The maximum Gasteiger partial charge on any atom is 0.338 e. The third kappa shape index (κ3) is 5.18. The molecule has 3 heteroatoms. The van der Waals surface area contributed by atoms with E-state index < -0.39 is 0 Å². The summed E-state index contributed by atoms with van der Waals surface area (Å²) >= 11 is 0. The van der Waals surface area contributed by atoms with Crippen molar-refractivity contribution < 1.29 is 9.53 Å². The Balaban J connectivity index is 1.51. The Bertz CT molecular complexity index is 686. The molecule has 1 radical (unpaired) electrons. The summed E-state index contributed by atoms with van der Waals surface area (Å²) in [5.74, 6) is 1.81. The highest BCUT2D eigenvalue weighted by Gasteiger charge is 2.21. The van der Waals surface area contributed by atoms with E-state index in [-0.39, 0.29) is 5.97 Å². The number of nitrogens with zero attached hydrogens (tertiary/aromatic N) is 1. The zero-order valence-corrected chi connectivity index (χ0v) is 15.8. The first-order valence-corrected chi connectivity index (χ1v) is 9.44. The minimum atomic E-state index is -0.260. The Labute approximate surface area is 157 Å². The molecule has 0 unspecified atom stereocenters. The van der Waals surface area contributed by atoms with E-state index in [0.717, 1.165) is 25.2 Å². The molecule has 0 N–H and O–H groups in total. The van der Waals surface area contributed by atoms with Crippen LogP contribution >= 0.6 is 0 Å². The van der Waals surface area contributed by atoms with Gasteiger partial charge in [0.1, 0.15) is 6.61 Å². The lowest BCUT2D eigenvalue weighted by Crippen LogP contribution is -2.35. The number of likely N-dealkylation sites (tertiary alicyclic amines) is 1. The molecule has 0 saturated carbocycles. The predicted molar refractivity (Wildman–Crippen MR) is 105 cm³/mol. The number of esters is 1. The monoisotopic (exact) mass is 350 g/mol. The highest BCUT2D eigenvalue weighted by Crippen LogP contribution is 2.28. The van der Waals surface area contributed by atoms with Gasteiger partial charge in [0.05, 0.1) is 5.56 Å². The minimum absolute atomic E-state index is 0.260. The molecule has 2 aromatic carbocycles. The molecule has 0 aliphatic carbocycles. The molecule has 3 rings (SSSR count). The second-order valence-corrected chi connectivity index (χ2v) is 7.44. The summed E-state index contributed by atoms with van der Waals surface area (Å²) < 4.78 is 5.40. The van der Waals surface area contributed by atoms with Crippen LogP contribution in [-0.4, -0.2) is 30.5 Å². The van der Waals surface area contributed by atoms with Crippen molar-refractivity contribution in [1.82, 2.24) is 4.90 Å². The Kier molecular flexibility index (Phi) is 6.45. The van der Waals surface area contributed by atoms with Gasteiger partial charge in [-0.05, 0) is 61.0 Å². The van der Waals surface area contributed by atoms with Gasteiger partial charge in [0, 0.05) is 6.54 Å². The molecule has 0 spiro atoms. The van der Waals surface area contributed by atoms with E-state index in [2.05, 4.69) is 30.9 Å². The van der Waals surface area contributed by atoms with E-state index in [9.17, 15) is 4.79 Å². The number of piperidine rings is 1. The Hall–Kier alpha value is -2.13. The molecule has 3 nitrogen and oxygen atoms in total. The maximum atomic E-state index is 12.2. The van der Waals surface area contributed by atoms with Crippen molar-refractivity contribution in [3.05, 3.63) is 77.2 Å². The first-order valence-electron chi connectivity index (χ1n) is 9.44. The molecule has 1 aliphatic rings. The summed E-state index contributed by atoms with van der Waals surface area (Å²) in [6, 6.07) is 17.8. The molecule has 1 aliphatic heterocycles. The maximum absolute atomic E-state index is 12.2. The van der Waals surface area contributed by atoms with E-state index in [1.807, 2.05) is 42.5 Å². The van der Waals surface area contributed by atoms with Gasteiger partial charge >= 0.3 is 5.97 Å². The molecular weight excluding hydrogens is 322 g/mol. The molecule has 1 saturated heterocycles. The van der Waals surface area contributed by atoms with Gasteiger partial charge < -0.3 is 9.64 Å². The second-order valence-electron chi connectivity index (χ2n) is 7.44. The van der Waals surface area contributed by atoms with Crippen LogP contribution in [0.4, 0.5) is 0 Å². The lowest BCUT2D eigenvalue weighted by atomic mass is 9.89. The fourth-order valence-electron chi connectivity index (χ4n) is 3.57.